The molecule has 4 aromatic rings. The zero-order chi connectivity index (χ0) is 23.3. The number of amides is 1. The quantitative estimate of drug-likeness (QED) is 0.339. The van der Waals surface area contributed by atoms with Crippen molar-refractivity contribution in [3.05, 3.63) is 106 Å². The molecule has 1 aromatic heterocycles. The first-order valence-corrected chi connectivity index (χ1v) is 10.7. The molecule has 2 N–H and O–H groups in total. The summed E-state index contributed by atoms with van der Waals surface area (Å²) in [6.07, 6.45) is 0. The van der Waals surface area contributed by atoms with Gasteiger partial charge in [0.05, 0.1) is 11.6 Å². The SMILES string of the molecule is O=C(C1=C(O)C(=O)N(c2ccc(F)cc2)C1c1ccc(O)cc1)c1cc2cc(Br)ccc2o1. The molecule has 164 valence electrons. The van der Waals surface area contributed by atoms with E-state index in [1.807, 2.05) is 0 Å². The summed E-state index contributed by atoms with van der Waals surface area (Å²) in [7, 11) is 0. The lowest BCUT2D eigenvalue weighted by molar-refractivity contribution is -0.117. The summed E-state index contributed by atoms with van der Waals surface area (Å²) in [6, 6.07) is 16.9. The highest BCUT2D eigenvalue weighted by molar-refractivity contribution is 9.10. The van der Waals surface area contributed by atoms with Crippen molar-refractivity contribution >= 4 is 44.3 Å². The number of aromatic hydroxyl groups is 1. The molecule has 1 amide bonds. The van der Waals surface area contributed by atoms with Crippen molar-refractivity contribution in [3.63, 3.8) is 0 Å². The van der Waals surface area contributed by atoms with Crippen LogP contribution in [-0.4, -0.2) is 21.9 Å². The molecule has 0 aliphatic carbocycles. The summed E-state index contributed by atoms with van der Waals surface area (Å²) in [5.74, 6) is -2.71. The zero-order valence-corrected chi connectivity index (χ0v) is 18.4. The third kappa shape index (κ3) is 3.58. The van der Waals surface area contributed by atoms with E-state index in [0.29, 0.717) is 22.2 Å². The molecule has 2 heterocycles. The van der Waals surface area contributed by atoms with Gasteiger partial charge in [-0.15, -0.1) is 0 Å². The average Bonchev–Trinajstić information content (AvgIpc) is 3.33. The number of benzene rings is 3. The molecule has 0 spiro atoms. The van der Waals surface area contributed by atoms with Gasteiger partial charge in [0.1, 0.15) is 17.1 Å². The van der Waals surface area contributed by atoms with Crippen LogP contribution in [0.15, 0.2) is 93.0 Å². The number of hydrogen-bond donors (Lipinski definition) is 2. The highest BCUT2D eigenvalue weighted by Gasteiger charge is 2.45. The van der Waals surface area contributed by atoms with Crippen LogP contribution in [-0.2, 0) is 4.79 Å². The fourth-order valence-electron chi connectivity index (χ4n) is 3.94. The minimum Gasteiger partial charge on any atom is -0.508 e. The van der Waals surface area contributed by atoms with Gasteiger partial charge in [-0.1, -0.05) is 28.1 Å². The van der Waals surface area contributed by atoms with Gasteiger partial charge in [-0.2, -0.15) is 0 Å². The standard InChI is InChI=1S/C25H15BrFNO5/c26-15-3-10-19-14(11-15)12-20(33-19)23(30)21-22(13-1-8-18(29)9-2-13)28(25(32)24(21)31)17-6-4-16(27)5-7-17/h1-12,22,29,31H. The highest BCUT2D eigenvalue weighted by atomic mass is 79.9. The molecule has 1 unspecified atom stereocenters. The van der Waals surface area contributed by atoms with Crippen LogP contribution in [0.3, 0.4) is 0 Å². The molecule has 8 heteroatoms. The molecule has 0 fully saturated rings. The summed E-state index contributed by atoms with van der Waals surface area (Å²) >= 11 is 3.37. The number of hydrogen-bond acceptors (Lipinski definition) is 5. The van der Waals surface area contributed by atoms with Gasteiger partial charge in [0.25, 0.3) is 5.91 Å². The van der Waals surface area contributed by atoms with Gasteiger partial charge >= 0.3 is 0 Å². The third-order valence-corrected chi connectivity index (χ3v) is 5.96. The Labute approximate surface area is 195 Å². The number of furan rings is 1. The maximum atomic E-state index is 13.5. The van der Waals surface area contributed by atoms with E-state index >= 15 is 0 Å². The van der Waals surface area contributed by atoms with Crippen LogP contribution in [0, 0.1) is 5.82 Å². The van der Waals surface area contributed by atoms with Crippen LogP contribution in [0.25, 0.3) is 11.0 Å². The molecular weight excluding hydrogens is 493 g/mol. The van der Waals surface area contributed by atoms with E-state index in [1.165, 1.54) is 41.3 Å². The number of nitrogens with zero attached hydrogens (tertiary/aromatic N) is 1. The maximum Gasteiger partial charge on any atom is 0.294 e. The Bertz CT molecular complexity index is 1440. The van der Waals surface area contributed by atoms with E-state index in [0.717, 1.165) is 4.47 Å². The summed E-state index contributed by atoms with van der Waals surface area (Å²) in [5, 5.41) is 21.2. The Hall–Kier alpha value is -3.91. The maximum absolute atomic E-state index is 13.5. The fraction of sp³-hybridized carbons (Fsp3) is 0.0400. The van der Waals surface area contributed by atoms with Crippen molar-refractivity contribution in [3.8, 4) is 5.75 Å². The van der Waals surface area contributed by atoms with E-state index in [9.17, 15) is 24.2 Å². The van der Waals surface area contributed by atoms with E-state index in [2.05, 4.69) is 15.9 Å². The van der Waals surface area contributed by atoms with Crippen molar-refractivity contribution in [1.29, 1.82) is 0 Å². The number of phenolic OH excluding ortho intramolecular Hbond substituents is 1. The van der Waals surface area contributed by atoms with Gasteiger partial charge < -0.3 is 14.6 Å². The fourth-order valence-corrected chi connectivity index (χ4v) is 4.31. The molecule has 6 nitrogen and oxygen atoms in total. The Morgan fingerprint density at radius 1 is 0.970 bits per heavy atom. The van der Waals surface area contributed by atoms with E-state index in [1.54, 1.807) is 36.4 Å². The lowest BCUT2D eigenvalue weighted by atomic mass is 9.94. The number of anilines is 1. The first-order valence-electron chi connectivity index (χ1n) is 9.88. The number of ketones is 1. The smallest absolute Gasteiger partial charge is 0.294 e. The summed E-state index contributed by atoms with van der Waals surface area (Å²) in [4.78, 5) is 27.8. The van der Waals surface area contributed by atoms with Crippen molar-refractivity contribution < 1.29 is 28.6 Å². The van der Waals surface area contributed by atoms with Crippen molar-refractivity contribution in [2.24, 2.45) is 0 Å². The number of aliphatic hydroxyl groups is 1. The number of halogens is 2. The van der Waals surface area contributed by atoms with Crippen LogP contribution < -0.4 is 4.90 Å². The van der Waals surface area contributed by atoms with Gasteiger partial charge in [-0.05, 0) is 66.2 Å². The second-order valence-corrected chi connectivity index (χ2v) is 8.45. The normalized spacial score (nSPS) is 16.1. The average molecular weight is 508 g/mol. The molecule has 1 aliphatic heterocycles. The molecular formula is C25H15BrFNO5. The number of Topliss-reactive ketones (excluding diaryl/α,β-unsaturated/α-hetero) is 1. The van der Waals surface area contributed by atoms with Crippen LogP contribution in [0.1, 0.15) is 22.2 Å². The van der Waals surface area contributed by atoms with Crippen LogP contribution >= 0.6 is 15.9 Å². The Morgan fingerprint density at radius 3 is 2.36 bits per heavy atom. The Morgan fingerprint density at radius 2 is 1.67 bits per heavy atom. The summed E-state index contributed by atoms with van der Waals surface area (Å²) in [5.41, 5.74) is 1.06. The first kappa shape index (κ1) is 21.0. The second-order valence-electron chi connectivity index (χ2n) is 7.53. The van der Waals surface area contributed by atoms with E-state index < -0.39 is 29.3 Å². The molecule has 1 aliphatic rings. The second kappa shape index (κ2) is 7.90. The topological polar surface area (TPSA) is 91.0 Å². The van der Waals surface area contributed by atoms with Gasteiger partial charge in [0, 0.05) is 15.5 Å². The predicted octanol–water partition coefficient (Wildman–Crippen LogP) is 5.82. The van der Waals surface area contributed by atoms with E-state index in [4.69, 9.17) is 4.42 Å². The Kier molecular flexibility index (Phi) is 5.02. The van der Waals surface area contributed by atoms with E-state index in [-0.39, 0.29) is 17.1 Å². The minimum absolute atomic E-state index is 0.000319. The van der Waals surface area contributed by atoms with Gasteiger partial charge in [0.2, 0.25) is 5.78 Å². The lowest BCUT2D eigenvalue weighted by Crippen LogP contribution is -2.31. The highest BCUT2D eigenvalue weighted by Crippen LogP contribution is 2.42. The number of rotatable bonds is 4. The largest absolute Gasteiger partial charge is 0.508 e. The number of aliphatic hydroxyl groups excluding tert-OH is 1. The van der Waals surface area contributed by atoms with Gasteiger partial charge in [0.15, 0.2) is 11.5 Å². The lowest BCUT2D eigenvalue weighted by Gasteiger charge is -2.26. The van der Waals surface area contributed by atoms with Crippen LogP contribution in [0.4, 0.5) is 10.1 Å². The molecule has 5 rings (SSSR count). The van der Waals surface area contributed by atoms with Crippen molar-refractivity contribution in [1.82, 2.24) is 0 Å². The van der Waals surface area contributed by atoms with Crippen LogP contribution in [0.5, 0.6) is 5.75 Å². The molecule has 0 saturated heterocycles. The molecule has 1 atom stereocenters. The molecule has 3 aromatic carbocycles. The summed E-state index contributed by atoms with van der Waals surface area (Å²) < 4.78 is 20.0. The van der Waals surface area contributed by atoms with Crippen LogP contribution in [0.2, 0.25) is 0 Å². The van der Waals surface area contributed by atoms with Gasteiger partial charge in [-0.3, -0.25) is 14.5 Å². The Balaban J connectivity index is 1.65. The molecule has 0 saturated carbocycles. The summed E-state index contributed by atoms with van der Waals surface area (Å²) in [6.45, 7) is 0. The number of carbonyl (C=O) groups is 2. The number of fused-ring (bicyclic) bond motifs is 1. The monoisotopic (exact) mass is 507 g/mol. The van der Waals surface area contributed by atoms with Crippen molar-refractivity contribution in [2.75, 3.05) is 4.90 Å². The first-order chi connectivity index (χ1) is 15.8. The number of carbonyl (C=O) groups excluding carboxylic acids is 2. The zero-order valence-electron chi connectivity index (χ0n) is 16.8. The van der Waals surface area contributed by atoms with Crippen molar-refractivity contribution in [2.45, 2.75) is 6.04 Å². The minimum atomic E-state index is -1.02. The molecule has 0 radical (unpaired) electrons. The number of phenols is 1. The van der Waals surface area contributed by atoms with Gasteiger partial charge in [-0.25, -0.2) is 4.39 Å². The third-order valence-electron chi connectivity index (χ3n) is 5.47. The predicted molar refractivity (Wildman–Crippen MR) is 123 cm³/mol. The molecule has 0 bridgehead atoms. The molecule has 33 heavy (non-hydrogen) atoms.